The Bertz CT molecular complexity index is 390. The van der Waals surface area contributed by atoms with Crippen molar-refractivity contribution in [2.24, 2.45) is 5.10 Å². The second-order valence-electron chi connectivity index (χ2n) is 3.30. The lowest BCUT2D eigenvalue weighted by molar-refractivity contribution is 0.430. The molecular formula is C10H11BrN2S. The molecule has 1 aliphatic rings. The van der Waals surface area contributed by atoms with E-state index in [1.165, 1.54) is 11.1 Å². The van der Waals surface area contributed by atoms with Crippen molar-refractivity contribution in [1.82, 2.24) is 5.01 Å². The van der Waals surface area contributed by atoms with E-state index < -0.39 is 0 Å². The quantitative estimate of drug-likeness (QED) is 0.780. The molecule has 1 aliphatic heterocycles. The van der Waals surface area contributed by atoms with Gasteiger partial charge in [0, 0.05) is 17.1 Å². The summed E-state index contributed by atoms with van der Waals surface area (Å²) in [6.45, 7) is 2.09. The van der Waals surface area contributed by atoms with Gasteiger partial charge in [-0.3, -0.25) is 5.01 Å². The number of nitrogens with zero attached hydrogens (tertiary/aromatic N) is 2. The summed E-state index contributed by atoms with van der Waals surface area (Å²) in [7, 11) is 1.99. The first-order valence-corrected chi connectivity index (χ1v) is 6.14. The van der Waals surface area contributed by atoms with Crippen LogP contribution in [0.4, 0.5) is 0 Å². The van der Waals surface area contributed by atoms with Gasteiger partial charge >= 0.3 is 0 Å². The van der Waals surface area contributed by atoms with Gasteiger partial charge in [-0.1, -0.05) is 33.8 Å². The fraction of sp³-hybridized carbons (Fsp3) is 0.300. The van der Waals surface area contributed by atoms with E-state index in [4.69, 9.17) is 0 Å². The van der Waals surface area contributed by atoms with Gasteiger partial charge in [-0.25, -0.2) is 0 Å². The minimum atomic E-state index is 0.949. The zero-order valence-electron chi connectivity index (χ0n) is 8.12. The number of benzene rings is 1. The molecule has 0 N–H and O–H groups in total. The molecule has 2 nitrogen and oxygen atoms in total. The first-order valence-electron chi connectivity index (χ1n) is 4.36. The molecule has 2 rings (SSSR count). The molecule has 0 fully saturated rings. The van der Waals surface area contributed by atoms with Crippen molar-refractivity contribution in [3.63, 3.8) is 0 Å². The Kier molecular flexibility index (Phi) is 2.83. The molecule has 74 valence electrons. The van der Waals surface area contributed by atoms with Crippen LogP contribution in [0.5, 0.6) is 0 Å². The maximum absolute atomic E-state index is 4.43. The van der Waals surface area contributed by atoms with Crippen LogP contribution >= 0.6 is 27.7 Å². The van der Waals surface area contributed by atoms with Gasteiger partial charge < -0.3 is 0 Å². The van der Waals surface area contributed by atoms with Gasteiger partial charge in [0.1, 0.15) is 5.04 Å². The highest BCUT2D eigenvalue weighted by Crippen LogP contribution is 2.24. The van der Waals surface area contributed by atoms with Crippen molar-refractivity contribution in [2.45, 2.75) is 6.92 Å². The topological polar surface area (TPSA) is 15.6 Å². The van der Waals surface area contributed by atoms with Crippen LogP contribution in [-0.4, -0.2) is 23.0 Å². The molecule has 0 saturated carbocycles. The lowest BCUT2D eigenvalue weighted by Crippen LogP contribution is -2.02. The summed E-state index contributed by atoms with van der Waals surface area (Å²) in [5.41, 5.74) is 2.46. The highest BCUT2D eigenvalue weighted by molar-refractivity contribution is 9.10. The Balaban J connectivity index is 2.34. The van der Waals surface area contributed by atoms with Crippen molar-refractivity contribution >= 4 is 32.7 Å². The van der Waals surface area contributed by atoms with Crippen LogP contribution in [0.15, 0.2) is 27.8 Å². The van der Waals surface area contributed by atoms with E-state index >= 15 is 0 Å². The third-order valence-electron chi connectivity index (χ3n) is 2.05. The maximum atomic E-state index is 4.43. The summed E-state index contributed by atoms with van der Waals surface area (Å²) in [6.07, 6.45) is 0. The van der Waals surface area contributed by atoms with Crippen molar-refractivity contribution in [2.75, 3.05) is 12.9 Å². The highest BCUT2D eigenvalue weighted by atomic mass is 79.9. The van der Waals surface area contributed by atoms with E-state index in [0.29, 0.717) is 0 Å². The predicted molar refractivity (Wildman–Crippen MR) is 65.6 cm³/mol. The molecule has 0 radical (unpaired) electrons. The Morgan fingerprint density at radius 1 is 1.50 bits per heavy atom. The van der Waals surface area contributed by atoms with Crippen molar-refractivity contribution in [1.29, 1.82) is 0 Å². The van der Waals surface area contributed by atoms with Crippen LogP contribution in [0.1, 0.15) is 11.1 Å². The molecule has 0 unspecified atom stereocenters. The second kappa shape index (κ2) is 3.95. The van der Waals surface area contributed by atoms with Crippen molar-refractivity contribution in [3.05, 3.63) is 33.8 Å². The monoisotopic (exact) mass is 270 g/mol. The number of hydrazone groups is 1. The normalized spacial score (nSPS) is 15.9. The van der Waals surface area contributed by atoms with Gasteiger partial charge in [-0.2, -0.15) is 5.10 Å². The summed E-state index contributed by atoms with van der Waals surface area (Å²) in [5, 5.41) is 7.50. The zero-order valence-corrected chi connectivity index (χ0v) is 10.5. The number of hydrogen-bond donors (Lipinski definition) is 0. The van der Waals surface area contributed by atoms with Crippen LogP contribution < -0.4 is 0 Å². The lowest BCUT2D eigenvalue weighted by Gasteiger charge is -2.02. The average molecular weight is 271 g/mol. The number of rotatable bonds is 1. The summed E-state index contributed by atoms with van der Waals surface area (Å²) >= 11 is 5.27. The molecule has 1 aromatic carbocycles. The first kappa shape index (κ1) is 10.1. The minimum absolute atomic E-state index is 0.949. The fourth-order valence-electron chi connectivity index (χ4n) is 1.29. The van der Waals surface area contributed by atoms with Gasteiger partial charge in [0.25, 0.3) is 0 Å². The maximum Gasteiger partial charge on any atom is 0.125 e. The lowest BCUT2D eigenvalue weighted by atomic mass is 10.1. The molecule has 14 heavy (non-hydrogen) atoms. The molecule has 0 aliphatic carbocycles. The van der Waals surface area contributed by atoms with Crippen LogP contribution in [0.25, 0.3) is 0 Å². The number of aryl methyl sites for hydroxylation is 1. The summed E-state index contributed by atoms with van der Waals surface area (Å²) < 4.78 is 1.15. The van der Waals surface area contributed by atoms with E-state index in [1.807, 2.05) is 12.1 Å². The molecule has 0 amide bonds. The molecule has 1 aromatic rings. The Hall–Kier alpha value is -0.480. The average Bonchev–Trinajstić information content (AvgIpc) is 2.57. The Labute approximate surface area is 96.5 Å². The van der Waals surface area contributed by atoms with E-state index in [0.717, 1.165) is 15.4 Å². The molecule has 0 spiro atoms. The number of halogens is 1. The van der Waals surface area contributed by atoms with Gasteiger partial charge in [0.15, 0.2) is 0 Å². The minimum Gasteiger partial charge on any atom is -0.289 e. The van der Waals surface area contributed by atoms with Gasteiger partial charge in [-0.05, 0) is 24.6 Å². The molecule has 0 atom stereocenters. The fourth-order valence-corrected chi connectivity index (χ4v) is 2.39. The number of thioether (sulfide) groups is 1. The summed E-state index contributed by atoms with van der Waals surface area (Å²) in [4.78, 5) is 0. The van der Waals surface area contributed by atoms with Crippen molar-refractivity contribution in [3.8, 4) is 0 Å². The third-order valence-corrected chi connectivity index (χ3v) is 4.04. The van der Waals surface area contributed by atoms with Crippen LogP contribution in [0.3, 0.4) is 0 Å². The molecule has 0 bridgehead atoms. The zero-order chi connectivity index (χ0) is 10.1. The van der Waals surface area contributed by atoms with Crippen LogP contribution in [-0.2, 0) is 0 Å². The SMILES string of the molecule is Cc1cc(C2=NN(C)CS2)ccc1Br. The van der Waals surface area contributed by atoms with E-state index in [-0.39, 0.29) is 0 Å². The van der Waals surface area contributed by atoms with Crippen LogP contribution in [0, 0.1) is 6.92 Å². The number of hydrogen-bond acceptors (Lipinski definition) is 3. The largest absolute Gasteiger partial charge is 0.289 e. The summed E-state index contributed by atoms with van der Waals surface area (Å²) in [6, 6.07) is 6.34. The standard InChI is InChI=1S/C10H11BrN2S/c1-7-5-8(3-4-9(7)11)10-12-13(2)6-14-10/h3-5H,6H2,1-2H3. The molecular weight excluding hydrogens is 260 g/mol. The van der Waals surface area contributed by atoms with Gasteiger partial charge in [0.2, 0.25) is 0 Å². The second-order valence-corrected chi connectivity index (χ2v) is 5.09. The molecule has 0 aromatic heterocycles. The molecule has 4 heteroatoms. The Morgan fingerprint density at radius 3 is 2.86 bits per heavy atom. The predicted octanol–water partition coefficient (Wildman–Crippen LogP) is 3.06. The summed E-state index contributed by atoms with van der Waals surface area (Å²) in [5.74, 6) is 0.949. The highest BCUT2D eigenvalue weighted by Gasteiger charge is 2.13. The van der Waals surface area contributed by atoms with Crippen LogP contribution in [0.2, 0.25) is 0 Å². The molecule has 0 saturated heterocycles. The van der Waals surface area contributed by atoms with Gasteiger partial charge in [0.05, 0.1) is 5.88 Å². The van der Waals surface area contributed by atoms with E-state index in [9.17, 15) is 0 Å². The molecule has 1 heterocycles. The smallest absolute Gasteiger partial charge is 0.125 e. The van der Waals surface area contributed by atoms with E-state index in [1.54, 1.807) is 11.8 Å². The third kappa shape index (κ3) is 1.96. The first-order chi connectivity index (χ1) is 6.66. The Morgan fingerprint density at radius 2 is 2.29 bits per heavy atom. The van der Waals surface area contributed by atoms with E-state index in [2.05, 4.69) is 46.2 Å². The van der Waals surface area contributed by atoms with Gasteiger partial charge in [-0.15, -0.1) is 0 Å². The van der Waals surface area contributed by atoms with Crippen molar-refractivity contribution < 1.29 is 0 Å².